The molecule has 36 heavy (non-hydrogen) atoms. The molecule has 1 saturated carbocycles. The number of carbonyl (C=O) groups is 1. The molecule has 4 nitrogen and oxygen atoms in total. The van der Waals surface area contributed by atoms with Crippen LogP contribution in [0, 0.1) is 5.82 Å². The van der Waals surface area contributed by atoms with Crippen LogP contribution in [-0.2, 0) is 18.1 Å². The van der Waals surface area contributed by atoms with Gasteiger partial charge in [-0.25, -0.2) is 9.18 Å². The van der Waals surface area contributed by atoms with Gasteiger partial charge in [-0.15, -0.1) is 0 Å². The summed E-state index contributed by atoms with van der Waals surface area (Å²) in [7, 11) is 0. The lowest BCUT2D eigenvalue weighted by molar-refractivity contribution is -0.137. The van der Waals surface area contributed by atoms with Crippen LogP contribution in [0.15, 0.2) is 60.8 Å². The van der Waals surface area contributed by atoms with E-state index in [0.717, 1.165) is 37.8 Å². The molecule has 0 aliphatic heterocycles. The molecule has 1 aromatic heterocycles. The van der Waals surface area contributed by atoms with Gasteiger partial charge in [-0.2, -0.15) is 13.2 Å². The third-order valence-corrected chi connectivity index (χ3v) is 6.76. The molecule has 0 spiro atoms. The molecule has 2 amide bonds. The van der Waals surface area contributed by atoms with Gasteiger partial charge in [-0.1, -0.05) is 48.2 Å². The summed E-state index contributed by atoms with van der Waals surface area (Å²) in [6, 6.07) is 11.2. The van der Waals surface area contributed by atoms with Crippen molar-refractivity contribution in [3.05, 3.63) is 99.0 Å². The maximum absolute atomic E-state index is 14.6. The maximum Gasteiger partial charge on any atom is 0.416 e. The molecule has 2 aromatic carbocycles. The number of benzene rings is 2. The fraction of sp³-hybridized carbons (Fsp3) is 0.308. The van der Waals surface area contributed by atoms with Crippen LogP contribution < -0.4 is 10.6 Å². The van der Waals surface area contributed by atoms with Gasteiger partial charge in [0.15, 0.2) is 0 Å². The monoisotopic (exact) mass is 539 g/mol. The van der Waals surface area contributed by atoms with Gasteiger partial charge < -0.3 is 10.6 Å². The van der Waals surface area contributed by atoms with Gasteiger partial charge in [0.25, 0.3) is 0 Å². The molecule has 4 rings (SSSR count). The van der Waals surface area contributed by atoms with E-state index in [1.165, 1.54) is 18.3 Å². The summed E-state index contributed by atoms with van der Waals surface area (Å²) in [4.78, 5) is 17.6. The highest BCUT2D eigenvalue weighted by molar-refractivity contribution is 6.30. The van der Waals surface area contributed by atoms with Gasteiger partial charge in [0.05, 0.1) is 16.3 Å². The number of hydrogen-bond donors (Lipinski definition) is 2. The first kappa shape index (κ1) is 26.2. The Kier molecular flexibility index (Phi) is 7.76. The van der Waals surface area contributed by atoms with Crippen LogP contribution >= 0.6 is 23.2 Å². The SMILES string of the molecule is O=C(NC1CCCC1)NC(Cc1ccc(Cl)cc1)(c1cc(F)cc(C(F)(F)F)c1)c1ccc(Cl)cn1. The van der Waals surface area contributed by atoms with E-state index in [2.05, 4.69) is 15.6 Å². The van der Waals surface area contributed by atoms with Crippen molar-refractivity contribution < 1.29 is 22.4 Å². The second-order valence-corrected chi connectivity index (χ2v) is 9.75. The molecule has 1 aliphatic rings. The van der Waals surface area contributed by atoms with E-state index in [-0.39, 0.29) is 23.7 Å². The number of nitrogens with one attached hydrogen (secondary N) is 2. The van der Waals surface area contributed by atoms with Crippen LogP contribution in [0.5, 0.6) is 0 Å². The zero-order valence-electron chi connectivity index (χ0n) is 19.0. The van der Waals surface area contributed by atoms with E-state index in [1.807, 2.05) is 0 Å². The third kappa shape index (κ3) is 6.10. The number of nitrogens with zero attached hydrogens (tertiary/aromatic N) is 1. The Hall–Kier alpha value is -2.84. The van der Waals surface area contributed by atoms with Crippen LogP contribution in [0.2, 0.25) is 10.0 Å². The first-order valence-electron chi connectivity index (χ1n) is 11.4. The average Bonchev–Trinajstić information content (AvgIpc) is 3.32. The summed E-state index contributed by atoms with van der Waals surface area (Å²) < 4.78 is 55.7. The minimum Gasteiger partial charge on any atom is -0.335 e. The molecule has 0 radical (unpaired) electrons. The van der Waals surface area contributed by atoms with Gasteiger partial charge >= 0.3 is 12.2 Å². The molecular formula is C26H23Cl2F4N3O. The van der Waals surface area contributed by atoms with E-state index in [1.54, 1.807) is 24.3 Å². The Labute approximate surface area is 216 Å². The summed E-state index contributed by atoms with van der Waals surface area (Å²) in [6.45, 7) is 0. The molecular weight excluding hydrogens is 517 g/mol. The Morgan fingerprint density at radius 1 is 0.944 bits per heavy atom. The minimum absolute atomic E-state index is 0.0301. The predicted octanol–water partition coefficient (Wildman–Crippen LogP) is 7.27. The Morgan fingerprint density at radius 3 is 2.19 bits per heavy atom. The van der Waals surface area contributed by atoms with Crippen molar-refractivity contribution in [2.45, 2.75) is 49.9 Å². The quantitative estimate of drug-likeness (QED) is 0.323. The number of rotatable bonds is 6. The summed E-state index contributed by atoms with van der Waals surface area (Å²) in [6.07, 6.45) is 0.0366. The Bertz CT molecular complexity index is 1210. The smallest absolute Gasteiger partial charge is 0.335 e. The van der Waals surface area contributed by atoms with Crippen molar-refractivity contribution in [2.75, 3.05) is 0 Å². The van der Waals surface area contributed by atoms with Gasteiger partial charge in [0.1, 0.15) is 11.4 Å². The average molecular weight is 540 g/mol. The van der Waals surface area contributed by atoms with E-state index in [0.29, 0.717) is 21.7 Å². The molecule has 3 aromatic rings. The standard InChI is InChI=1S/C26H23Cl2F4N3O/c27-19-7-5-16(6-8-19)14-25(23-10-9-20(28)15-33-23,35-24(36)34-22-3-1-2-4-22)17-11-18(26(30,31)32)13-21(29)12-17/h5-13,15,22H,1-4,14H2,(H2,34,35,36). The van der Waals surface area contributed by atoms with E-state index < -0.39 is 29.1 Å². The number of alkyl halides is 3. The lowest BCUT2D eigenvalue weighted by Crippen LogP contribution is -2.54. The third-order valence-electron chi connectivity index (χ3n) is 6.28. The molecule has 1 heterocycles. The second kappa shape index (κ2) is 10.6. The number of hydrogen-bond acceptors (Lipinski definition) is 2. The van der Waals surface area contributed by atoms with E-state index >= 15 is 0 Å². The van der Waals surface area contributed by atoms with Crippen LogP contribution in [0.3, 0.4) is 0 Å². The van der Waals surface area contributed by atoms with Crippen molar-refractivity contribution in [3.63, 3.8) is 0 Å². The van der Waals surface area contributed by atoms with Crippen molar-refractivity contribution in [3.8, 4) is 0 Å². The van der Waals surface area contributed by atoms with E-state index in [9.17, 15) is 22.4 Å². The molecule has 1 unspecified atom stereocenters. The normalized spacial score (nSPS) is 15.9. The van der Waals surface area contributed by atoms with Gasteiger partial charge in [0.2, 0.25) is 0 Å². The largest absolute Gasteiger partial charge is 0.416 e. The molecule has 1 aliphatic carbocycles. The zero-order chi connectivity index (χ0) is 25.9. The van der Waals surface area contributed by atoms with Crippen molar-refractivity contribution in [1.29, 1.82) is 0 Å². The zero-order valence-corrected chi connectivity index (χ0v) is 20.5. The number of urea groups is 1. The van der Waals surface area contributed by atoms with Gasteiger partial charge in [0, 0.05) is 23.7 Å². The highest BCUT2D eigenvalue weighted by atomic mass is 35.5. The van der Waals surface area contributed by atoms with Gasteiger partial charge in [-0.3, -0.25) is 4.98 Å². The summed E-state index contributed by atoms with van der Waals surface area (Å²) >= 11 is 12.1. The topological polar surface area (TPSA) is 54.0 Å². The van der Waals surface area contributed by atoms with Crippen LogP contribution in [0.25, 0.3) is 0 Å². The number of amides is 2. The maximum atomic E-state index is 14.6. The van der Waals surface area contributed by atoms with Crippen molar-refractivity contribution in [1.82, 2.24) is 15.6 Å². The first-order chi connectivity index (χ1) is 17.0. The molecule has 0 saturated heterocycles. The minimum atomic E-state index is -4.80. The van der Waals surface area contributed by atoms with Gasteiger partial charge in [-0.05, 0) is 66.4 Å². The summed E-state index contributed by atoms with van der Waals surface area (Å²) in [5, 5.41) is 6.51. The first-order valence-corrected chi connectivity index (χ1v) is 12.1. The lowest BCUT2D eigenvalue weighted by atomic mass is 9.79. The highest BCUT2D eigenvalue weighted by Crippen LogP contribution is 2.38. The van der Waals surface area contributed by atoms with Crippen LogP contribution in [0.1, 0.15) is 48.1 Å². The van der Waals surface area contributed by atoms with Crippen LogP contribution in [-0.4, -0.2) is 17.1 Å². The molecule has 190 valence electrons. The number of carbonyl (C=O) groups excluding carboxylic acids is 1. The van der Waals surface area contributed by atoms with Crippen molar-refractivity contribution in [2.24, 2.45) is 0 Å². The molecule has 0 bridgehead atoms. The van der Waals surface area contributed by atoms with Crippen LogP contribution in [0.4, 0.5) is 22.4 Å². The summed E-state index contributed by atoms with van der Waals surface area (Å²) in [5.74, 6) is -1.09. The Balaban J connectivity index is 1.89. The van der Waals surface area contributed by atoms with Crippen molar-refractivity contribution >= 4 is 29.2 Å². The Morgan fingerprint density at radius 2 is 1.58 bits per heavy atom. The number of halogens is 6. The molecule has 10 heteroatoms. The van der Waals surface area contributed by atoms with E-state index in [4.69, 9.17) is 23.2 Å². The fourth-order valence-corrected chi connectivity index (χ4v) is 4.78. The second-order valence-electron chi connectivity index (χ2n) is 8.88. The number of aromatic nitrogens is 1. The fourth-order valence-electron chi connectivity index (χ4n) is 4.54. The highest BCUT2D eigenvalue weighted by Gasteiger charge is 2.41. The molecule has 1 fully saturated rings. The summed E-state index contributed by atoms with van der Waals surface area (Å²) in [5.41, 5.74) is -2.12. The lowest BCUT2D eigenvalue weighted by Gasteiger charge is -2.36. The number of pyridine rings is 1. The molecule has 2 N–H and O–H groups in total. The predicted molar refractivity (Wildman–Crippen MR) is 131 cm³/mol. The molecule has 1 atom stereocenters.